The van der Waals surface area contributed by atoms with Gasteiger partial charge in [0.2, 0.25) is 0 Å². The molecule has 0 bridgehead atoms. The van der Waals surface area contributed by atoms with E-state index in [1.807, 2.05) is 30.3 Å². The molecule has 0 saturated carbocycles. The van der Waals surface area contributed by atoms with E-state index in [1.54, 1.807) is 42.7 Å². The molecule has 6 nitrogen and oxygen atoms in total. The van der Waals surface area contributed by atoms with Crippen LogP contribution in [0.1, 0.15) is 31.8 Å². The maximum atomic E-state index is 13.3. The Balaban J connectivity index is 1.54. The van der Waals surface area contributed by atoms with Gasteiger partial charge < -0.3 is 16.4 Å². The molecule has 4 aromatic rings. The molecule has 1 heterocycles. The lowest BCUT2D eigenvalue weighted by molar-refractivity contribution is 0.0980. The first-order valence-electron chi connectivity index (χ1n) is 10.0. The summed E-state index contributed by atoms with van der Waals surface area (Å²) in [6.07, 6.45) is 3.40. The third-order valence-electron chi connectivity index (χ3n) is 5.45. The van der Waals surface area contributed by atoms with Crippen LogP contribution in [-0.2, 0) is 0 Å². The second-order valence-corrected chi connectivity index (χ2v) is 8.49. The van der Waals surface area contributed by atoms with Crippen molar-refractivity contribution in [1.29, 1.82) is 0 Å². The van der Waals surface area contributed by atoms with Crippen LogP contribution in [0.15, 0.2) is 82.8 Å². The van der Waals surface area contributed by atoms with Gasteiger partial charge in [-0.15, -0.1) is 25.3 Å². The Morgan fingerprint density at radius 1 is 0.697 bits per heavy atom. The fraction of sp³-hybridized carbons (Fsp3) is 0. The minimum Gasteiger partial charge on any atom is -0.397 e. The van der Waals surface area contributed by atoms with Gasteiger partial charge in [0.1, 0.15) is 0 Å². The third-order valence-corrected chi connectivity index (χ3v) is 6.19. The van der Waals surface area contributed by atoms with E-state index in [0.717, 1.165) is 11.4 Å². The number of hydrogen-bond donors (Lipinski definition) is 5. The van der Waals surface area contributed by atoms with E-state index in [9.17, 15) is 9.59 Å². The van der Waals surface area contributed by atoms with Crippen molar-refractivity contribution in [2.45, 2.75) is 9.79 Å². The van der Waals surface area contributed by atoms with Crippen molar-refractivity contribution in [1.82, 2.24) is 4.98 Å². The summed E-state index contributed by atoms with van der Waals surface area (Å²) in [5.41, 5.74) is 10.4. The second kappa shape index (κ2) is 8.31. The Morgan fingerprint density at radius 2 is 1.33 bits per heavy atom. The van der Waals surface area contributed by atoms with Gasteiger partial charge in [-0.2, -0.15) is 0 Å². The Kier molecular flexibility index (Phi) is 5.32. The average molecular weight is 471 g/mol. The van der Waals surface area contributed by atoms with Crippen molar-refractivity contribution >= 4 is 65.3 Å². The van der Waals surface area contributed by atoms with Crippen LogP contribution in [0.25, 0.3) is 0 Å². The average Bonchev–Trinajstić information content (AvgIpc) is 2.82. The first kappa shape index (κ1) is 21.1. The number of nitrogen functional groups attached to an aromatic ring is 1. The van der Waals surface area contributed by atoms with Gasteiger partial charge in [-0.3, -0.25) is 14.6 Å². The van der Waals surface area contributed by atoms with Crippen LogP contribution in [-0.4, -0.2) is 16.6 Å². The summed E-state index contributed by atoms with van der Waals surface area (Å²) in [4.78, 5) is 31.7. The van der Waals surface area contributed by atoms with Crippen molar-refractivity contribution in [2.75, 3.05) is 16.4 Å². The summed E-state index contributed by atoms with van der Waals surface area (Å²) >= 11 is 9.04. The van der Waals surface area contributed by atoms with E-state index in [0.29, 0.717) is 32.3 Å². The van der Waals surface area contributed by atoms with Crippen molar-refractivity contribution in [3.63, 3.8) is 0 Å². The maximum absolute atomic E-state index is 13.3. The first-order valence-corrected chi connectivity index (χ1v) is 10.9. The zero-order valence-electron chi connectivity index (χ0n) is 17.2. The molecule has 0 atom stereocenters. The lowest BCUT2D eigenvalue weighted by Gasteiger charge is -2.23. The largest absolute Gasteiger partial charge is 0.397 e. The number of nitrogens with zero attached hydrogens (tertiary/aromatic N) is 1. The smallest absolute Gasteiger partial charge is 0.196 e. The molecule has 0 fully saturated rings. The number of hydrogen-bond acceptors (Lipinski definition) is 8. The van der Waals surface area contributed by atoms with E-state index < -0.39 is 0 Å². The molecule has 1 aliphatic rings. The topological polar surface area (TPSA) is 97.1 Å². The number of rotatable bonds is 4. The number of nitrogens with two attached hydrogens (primary N) is 1. The number of fused-ring (bicyclic) bond motifs is 2. The first-order chi connectivity index (χ1) is 15.9. The molecule has 4 N–H and O–H groups in total. The minimum absolute atomic E-state index is 0.177. The van der Waals surface area contributed by atoms with Crippen molar-refractivity contribution in [3.05, 3.63) is 95.3 Å². The molecule has 0 amide bonds. The summed E-state index contributed by atoms with van der Waals surface area (Å²) in [6, 6.07) is 17.7. The van der Waals surface area contributed by atoms with E-state index >= 15 is 0 Å². The van der Waals surface area contributed by atoms with Gasteiger partial charge in [0.15, 0.2) is 11.6 Å². The van der Waals surface area contributed by atoms with Gasteiger partial charge >= 0.3 is 0 Å². The zero-order chi connectivity index (χ0) is 23.1. The van der Waals surface area contributed by atoms with Crippen LogP contribution in [0, 0.1) is 0 Å². The monoisotopic (exact) mass is 470 g/mol. The van der Waals surface area contributed by atoms with Crippen LogP contribution in [0.3, 0.4) is 0 Å². The Labute approximate surface area is 201 Å². The molecule has 0 radical (unpaired) electrons. The quantitative estimate of drug-likeness (QED) is 0.176. The Hall–Kier alpha value is -3.75. The molecule has 0 spiro atoms. The highest BCUT2D eigenvalue weighted by molar-refractivity contribution is 7.80. The van der Waals surface area contributed by atoms with Crippen LogP contribution < -0.4 is 16.4 Å². The Bertz CT molecular complexity index is 1440. The molecular formula is C25H18N4O2S2. The van der Waals surface area contributed by atoms with E-state index in [2.05, 4.69) is 40.9 Å². The molecule has 3 aromatic carbocycles. The molecule has 162 valence electrons. The van der Waals surface area contributed by atoms with Crippen LogP contribution in [0.4, 0.5) is 28.4 Å². The molecule has 1 aliphatic carbocycles. The standard InChI is InChI=1S/C25H18N4O2S2/c26-23-20(33)12-18(21-22(23)25(31)16-4-2-1-3-15(16)24(21)30)29-14-5-6-17(19(32)11-14)28-13-7-9-27-10-8-13/h1-12,29,32-33H,26H2,(H,27,28). The molecule has 33 heavy (non-hydrogen) atoms. The van der Waals surface area contributed by atoms with Gasteiger partial charge in [-0.1, -0.05) is 24.3 Å². The molecular weight excluding hydrogens is 452 g/mol. The molecule has 0 saturated heterocycles. The number of ketones is 2. The van der Waals surface area contributed by atoms with E-state index in [4.69, 9.17) is 5.73 Å². The van der Waals surface area contributed by atoms with Crippen molar-refractivity contribution in [3.8, 4) is 0 Å². The number of nitrogens with one attached hydrogen (secondary N) is 2. The van der Waals surface area contributed by atoms with Gasteiger partial charge in [0, 0.05) is 44.7 Å². The maximum Gasteiger partial charge on any atom is 0.196 e. The van der Waals surface area contributed by atoms with Crippen LogP contribution in [0.5, 0.6) is 0 Å². The van der Waals surface area contributed by atoms with Gasteiger partial charge in [0.25, 0.3) is 0 Å². The highest BCUT2D eigenvalue weighted by Crippen LogP contribution is 2.40. The summed E-state index contributed by atoms with van der Waals surface area (Å²) in [7, 11) is 0. The molecule has 0 unspecified atom stereocenters. The van der Waals surface area contributed by atoms with Gasteiger partial charge in [0.05, 0.1) is 28.2 Å². The SMILES string of the molecule is Nc1c(S)cc(Nc2ccc(Nc3ccncc3)c(S)c2)c2c1C(=O)c1ccccc1C2=O. The molecule has 1 aromatic heterocycles. The number of carbonyl (C=O) groups is 2. The molecule has 8 heteroatoms. The zero-order valence-corrected chi connectivity index (χ0v) is 19.0. The van der Waals surface area contributed by atoms with Gasteiger partial charge in [-0.05, 0) is 36.4 Å². The third kappa shape index (κ3) is 3.73. The fourth-order valence-electron chi connectivity index (χ4n) is 3.86. The van der Waals surface area contributed by atoms with Crippen LogP contribution >= 0.6 is 25.3 Å². The summed E-state index contributed by atoms with van der Waals surface area (Å²) in [5.74, 6) is -0.548. The normalized spacial score (nSPS) is 12.2. The number of aromatic nitrogens is 1. The lowest BCUT2D eigenvalue weighted by atomic mass is 9.82. The van der Waals surface area contributed by atoms with Crippen molar-refractivity contribution < 1.29 is 9.59 Å². The number of anilines is 5. The highest BCUT2D eigenvalue weighted by atomic mass is 32.1. The summed E-state index contributed by atoms with van der Waals surface area (Å²) < 4.78 is 0. The minimum atomic E-state index is -0.288. The predicted octanol–water partition coefficient (Wildman–Crippen LogP) is 5.50. The predicted molar refractivity (Wildman–Crippen MR) is 136 cm³/mol. The highest BCUT2D eigenvalue weighted by Gasteiger charge is 2.34. The van der Waals surface area contributed by atoms with Crippen LogP contribution in [0.2, 0.25) is 0 Å². The fourth-order valence-corrected chi connectivity index (χ4v) is 4.37. The summed E-state index contributed by atoms with van der Waals surface area (Å²) in [6.45, 7) is 0. The van der Waals surface area contributed by atoms with E-state index in [1.165, 1.54) is 0 Å². The van der Waals surface area contributed by atoms with E-state index in [-0.39, 0.29) is 28.4 Å². The Morgan fingerprint density at radius 3 is 2.00 bits per heavy atom. The number of carbonyl (C=O) groups excluding carboxylic acids is 2. The second-order valence-electron chi connectivity index (χ2n) is 7.53. The number of benzene rings is 3. The molecule has 0 aliphatic heterocycles. The summed E-state index contributed by atoms with van der Waals surface area (Å²) in [5, 5.41) is 6.53. The van der Waals surface area contributed by atoms with Gasteiger partial charge in [-0.25, -0.2) is 0 Å². The number of thiol groups is 2. The number of pyridine rings is 1. The lowest BCUT2D eigenvalue weighted by Crippen LogP contribution is -2.24. The molecule has 5 rings (SSSR count). The van der Waals surface area contributed by atoms with Crippen molar-refractivity contribution in [2.24, 2.45) is 0 Å².